The second kappa shape index (κ2) is 5.05. The zero-order valence-electron chi connectivity index (χ0n) is 9.84. The summed E-state index contributed by atoms with van der Waals surface area (Å²) in [5.41, 5.74) is 2.28. The number of hydrogen-bond donors (Lipinski definition) is 1. The zero-order chi connectivity index (χ0) is 12.3. The maximum Gasteiger partial charge on any atom is 0.216 e. The van der Waals surface area contributed by atoms with E-state index in [0.29, 0.717) is 4.77 Å². The average molecular weight is 246 g/mol. The quantitative estimate of drug-likeness (QED) is 0.668. The molecule has 0 aliphatic rings. The molecule has 1 aromatic carbocycles. The monoisotopic (exact) mass is 246 g/mol. The second-order valence-corrected chi connectivity index (χ2v) is 4.15. The molecule has 1 N–H and O–H groups in total. The molecule has 0 amide bonds. The van der Waals surface area contributed by atoms with E-state index in [1.165, 1.54) is 5.56 Å². The summed E-state index contributed by atoms with van der Waals surface area (Å²) in [7, 11) is 0. The van der Waals surface area contributed by atoms with Gasteiger partial charge in [0.25, 0.3) is 0 Å². The minimum atomic E-state index is 0.519. The van der Waals surface area contributed by atoms with E-state index < -0.39 is 0 Å². The van der Waals surface area contributed by atoms with Crippen molar-refractivity contribution in [1.29, 1.82) is 0 Å². The molecule has 0 spiro atoms. The number of rotatable bonds is 3. The van der Waals surface area contributed by atoms with Crippen LogP contribution < -0.4 is 0 Å². The fourth-order valence-electron chi connectivity index (χ4n) is 1.45. The van der Waals surface area contributed by atoms with Crippen LogP contribution in [-0.2, 0) is 6.42 Å². The van der Waals surface area contributed by atoms with Crippen LogP contribution in [-0.4, -0.2) is 21.1 Å². The van der Waals surface area contributed by atoms with Gasteiger partial charge >= 0.3 is 0 Å². The Morgan fingerprint density at radius 3 is 2.76 bits per heavy atom. The van der Waals surface area contributed by atoms with E-state index in [9.17, 15) is 0 Å². The number of H-pyrrole nitrogens is 1. The predicted octanol–water partition coefficient (Wildman–Crippen LogP) is 2.69. The Labute approximate surface area is 105 Å². The van der Waals surface area contributed by atoms with Gasteiger partial charge < -0.3 is 0 Å². The molecule has 2 rings (SSSR count). The van der Waals surface area contributed by atoms with Crippen molar-refractivity contribution in [3.8, 4) is 0 Å². The van der Waals surface area contributed by atoms with Crippen molar-refractivity contribution >= 4 is 18.4 Å². The molecule has 0 unspecified atom stereocenters. The third-order valence-corrected chi connectivity index (χ3v) is 2.70. The highest BCUT2D eigenvalue weighted by Gasteiger charge is 2.00. The molecule has 5 heteroatoms. The van der Waals surface area contributed by atoms with Crippen molar-refractivity contribution in [2.45, 2.75) is 20.3 Å². The Bertz CT molecular complexity index is 577. The van der Waals surface area contributed by atoms with E-state index >= 15 is 0 Å². The molecule has 0 fully saturated rings. The van der Waals surface area contributed by atoms with E-state index in [1.54, 1.807) is 10.9 Å². The topological polar surface area (TPSA) is 46.0 Å². The summed E-state index contributed by atoms with van der Waals surface area (Å²) in [6, 6.07) is 8.15. The lowest BCUT2D eigenvalue weighted by atomic mass is 10.2. The summed E-state index contributed by atoms with van der Waals surface area (Å²) in [6.07, 6.45) is 2.57. The zero-order valence-corrected chi connectivity index (χ0v) is 10.7. The van der Waals surface area contributed by atoms with Crippen LogP contribution in [0.1, 0.15) is 23.9 Å². The molecule has 0 radical (unpaired) electrons. The van der Waals surface area contributed by atoms with Crippen molar-refractivity contribution in [3.05, 3.63) is 46.0 Å². The van der Waals surface area contributed by atoms with Crippen LogP contribution in [0.5, 0.6) is 0 Å². The van der Waals surface area contributed by atoms with Crippen LogP contribution in [0, 0.1) is 11.7 Å². The Balaban J connectivity index is 2.28. The lowest BCUT2D eigenvalue weighted by molar-refractivity contribution is 0.780. The summed E-state index contributed by atoms with van der Waals surface area (Å²) in [5, 5.41) is 11.2. The molecule has 2 aromatic rings. The summed E-state index contributed by atoms with van der Waals surface area (Å²) in [4.78, 5) is 0. The van der Waals surface area contributed by atoms with E-state index in [4.69, 9.17) is 12.2 Å². The van der Waals surface area contributed by atoms with Gasteiger partial charge in [-0.3, -0.25) is 5.10 Å². The maximum absolute atomic E-state index is 5.11. The standard InChI is InChI=1S/C12H14N4S/c1-3-11-14-15-12(17)16(11)13-8-10-6-4-9(2)5-7-10/h4-8H,3H2,1-2H3,(H,15,17)/b13-8-. The molecular formula is C12H14N4S. The van der Waals surface area contributed by atoms with E-state index in [0.717, 1.165) is 17.8 Å². The highest BCUT2D eigenvalue weighted by molar-refractivity contribution is 7.71. The predicted molar refractivity (Wildman–Crippen MR) is 71.0 cm³/mol. The first-order valence-electron chi connectivity index (χ1n) is 5.48. The lowest BCUT2D eigenvalue weighted by Crippen LogP contribution is -1.97. The fourth-order valence-corrected chi connectivity index (χ4v) is 1.65. The minimum Gasteiger partial charge on any atom is -0.250 e. The molecule has 1 aromatic heterocycles. The van der Waals surface area contributed by atoms with Gasteiger partial charge in [0.2, 0.25) is 4.77 Å². The molecule has 4 nitrogen and oxygen atoms in total. The van der Waals surface area contributed by atoms with Gasteiger partial charge in [-0.05, 0) is 24.7 Å². The SMILES string of the molecule is CCc1n[nH]c(=S)n1/N=C\c1ccc(C)cc1. The molecule has 0 bridgehead atoms. The Morgan fingerprint density at radius 1 is 1.41 bits per heavy atom. The van der Waals surface area contributed by atoms with Crippen molar-refractivity contribution in [2.24, 2.45) is 5.10 Å². The third-order valence-electron chi connectivity index (χ3n) is 2.43. The van der Waals surface area contributed by atoms with Crippen molar-refractivity contribution in [2.75, 3.05) is 0 Å². The van der Waals surface area contributed by atoms with Gasteiger partial charge in [-0.15, -0.1) is 0 Å². The molecule has 1 heterocycles. The largest absolute Gasteiger partial charge is 0.250 e. The number of aromatic nitrogens is 3. The summed E-state index contributed by atoms with van der Waals surface area (Å²) >= 11 is 5.11. The lowest BCUT2D eigenvalue weighted by Gasteiger charge is -1.97. The Kier molecular flexibility index (Phi) is 3.49. The number of benzene rings is 1. The van der Waals surface area contributed by atoms with Crippen LogP contribution >= 0.6 is 12.2 Å². The van der Waals surface area contributed by atoms with Crippen LogP contribution in [0.4, 0.5) is 0 Å². The first kappa shape index (κ1) is 11.7. The number of hydrogen-bond acceptors (Lipinski definition) is 3. The van der Waals surface area contributed by atoms with Gasteiger partial charge in [0.1, 0.15) is 0 Å². The molecule has 0 saturated heterocycles. The molecule has 0 saturated carbocycles. The normalized spacial score (nSPS) is 11.2. The van der Waals surface area contributed by atoms with Gasteiger partial charge in [-0.25, -0.2) is 0 Å². The number of aromatic amines is 1. The smallest absolute Gasteiger partial charge is 0.216 e. The summed E-state index contributed by atoms with van der Waals surface area (Å²) in [5.74, 6) is 0.832. The first-order valence-corrected chi connectivity index (χ1v) is 5.89. The van der Waals surface area contributed by atoms with E-state index in [-0.39, 0.29) is 0 Å². The van der Waals surface area contributed by atoms with Crippen molar-refractivity contribution in [1.82, 2.24) is 14.9 Å². The molecule has 0 aliphatic carbocycles. The van der Waals surface area contributed by atoms with Crippen molar-refractivity contribution < 1.29 is 0 Å². The number of nitrogens with one attached hydrogen (secondary N) is 1. The molecule has 0 aliphatic heterocycles. The molecule has 88 valence electrons. The molecular weight excluding hydrogens is 232 g/mol. The van der Waals surface area contributed by atoms with Crippen LogP contribution in [0.25, 0.3) is 0 Å². The van der Waals surface area contributed by atoms with Gasteiger partial charge in [-0.1, -0.05) is 36.8 Å². The third kappa shape index (κ3) is 2.68. The second-order valence-electron chi connectivity index (χ2n) is 3.77. The Morgan fingerprint density at radius 2 is 2.12 bits per heavy atom. The van der Waals surface area contributed by atoms with Crippen molar-refractivity contribution in [3.63, 3.8) is 0 Å². The molecule has 17 heavy (non-hydrogen) atoms. The van der Waals surface area contributed by atoms with Crippen LogP contribution in [0.15, 0.2) is 29.4 Å². The fraction of sp³-hybridized carbons (Fsp3) is 0.250. The van der Waals surface area contributed by atoms with Crippen LogP contribution in [0.3, 0.4) is 0 Å². The number of nitrogens with zero attached hydrogens (tertiary/aromatic N) is 3. The van der Waals surface area contributed by atoms with E-state index in [2.05, 4.69) is 34.4 Å². The maximum atomic E-state index is 5.11. The number of aryl methyl sites for hydroxylation is 2. The molecule has 0 atom stereocenters. The minimum absolute atomic E-state index is 0.519. The van der Waals surface area contributed by atoms with Gasteiger partial charge in [0.15, 0.2) is 5.82 Å². The highest BCUT2D eigenvalue weighted by Crippen LogP contribution is 2.02. The first-order chi connectivity index (χ1) is 8.20. The Hall–Kier alpha value is -1.75. The summed E-state index contributed by atoms with van der Waals surface area (Å²) in [6.45, 7) is 4.07. The van der Waals surface area contributed by atoms with Gasteiger partial charge in [-0.2, -0.15) is 14.9 Å². The highest BCUT2D eigenvalue weighted by atomic mass is 32.1. The summed E-state index contributed by atoms with van der Waals surface area (Å²) < 4.78 is 2.17. The van der Waals surface area contributed by atoms with Gasteiger partial charge in [0, 0.05) is 6.42 Å². The van der Waals surface area contributed by atoms with Gasteiger partial charge in [0.05, 0.1) is 6.21 Å². The average Bonchev–Trinajstić information content (AvgIpc) is 2.69. The van der Waals surface area contributed by atoms with Crippen LogP contribution in [0.2, 0.25) is 0 Å². The van der Waals surface area contributed by atoms with E-state index in [1.807, 2.05) is 19.1 Å².